The molecule has 10 nitrogen and oxygen atoms in total. The fourth-order valence-electron chi connectivity index (χ4n) is 18.0. The SMILES string of the molecule is C.C/C=C(\C#N)c1cc(OC)c(/C(C#N)=C/c2ccc(-c3ccc4c(c3)c3cc(-c5ccc(C)cc5)ccc3n4CC(CC)CCCC)cc2)cc1OC.C/C=C(\C#N)c1cc(OCCCCCCCCCCCC)c(/C(C#N)=C/c2ccc(-c3ccc4c(c3)c3cc(-c5ccc(C)cc5)ccc3n4CC(CC)CCCC)cc2)cc1OCCCCCCCCCCCC. The van der Waals surface area contributed by atoms with E-state index in [1.165, 1.54) is 231 Å². The summed E-state index contributed by atoms with van der Waals surface area (Å²) in [4.78, 5) is 0. The number of benzene rings is 10. The first kappa shape index (κ1) is 99.1. The highest BCUT2D eigenvalue weighted by atomic mass is 16.5. The molecule has 0 bridgehead atoms. The van der Waals surface area contributed by atoms with Gasteiger partial charge in [0, 0.05) is 79.0 Å². The average molecular weight is 1720 g/mol. The molecule has 2 aromatic heterocycles. The van der Waals surface area contributed by atoms with Crippen molar-refractivity contribution in [1.82, 2.24) is 9.13 Å². The Bertz CT molecular complexity index is 5920. The summed E-state index contributed by atoms with van der Waals surface area (Å²) in [5, 5.41) is 46.2. The molecule has 0 radical (unpaired) electrons. The Morgan fingerprint density at radius 3 is 0.845 bits per heavy atom. The molecule has 10 heteroatoms. The molecule has 2 heterocycles. The molecule has 0 saturated carbocycles. The van der Waals surface area contributed by atoms with E-state index in [2.05, 4.69) is 247 Å². The quantitative estimate of drug-likeness (QED) is 0.0208. The Kier molecular flexibility index (Phi) is 39.8. The molecule has 672 valence electrons. The zero-order valence-corrected chi connectivity index (χ0v) is 78.9. The molecule has 0 amide bonds. The fourth-order valence-corrected chi connectivity index (χ4v) is 18.0. The second kappa shape index (κ2) is 51.8. The molecule has 0 spiro atoms. The fraction of sp³-hybridized carbons (Fsp3) is 0.395. The first-order chi connectivity index (χ1) is 62.7. The van der Waals surface area contributed by atoms with Crippen LogP contribution in [-0.2, 0) is 13.1 Å². The minimum absolute atomic E-state index is 0. The largest absolute Gasteiger partial charge is 0.496 e. The topological polar surface area (TPSA) is 142 Å². The van der Waals surface area contributed by atoms with E-state index >= 15 is 0 Å². The van der Waals surface area contributed by atoms with Gasteiger partial charge < -0.3 is 28.1 Å². The zero-order valence-electron chi connectivity index (χ0n) is 78.9. The molecular weight excluding hydrogens is 1580 g/mol. The second-order valence-electron chi connectivity index (χ2n) is 35.1. The molecule has 2 atom stereocenters. The summed E-state index contributed by atoms with van der Waals surface area (Å²) >= 11 is 0. The number of aryl methyl sites for hydroxylation is 2. The van der Waals surface area contributed by atoms with Gasteiger partial charge in [-0.15, -0.1) is 0 Å². The second-order valence-corrected chi connectivity index (χ2v) is 35.1. The Labute approximate surface area is 773 Å². The van der Waals surface area contributed by atoms with Crippen molar-refractivity contribution >= 4 is 78.1 Å². The molecule has 0 saturated heterocycles. The molecule has 10 aromatic carbocycles. The minimum atomic E-state index is 0. The lowest BCUT2D eigenvalue weighted by atomic mass is 9.96. The van der Waals surface area contributed by atoms with Gasteiger partial charge in [-0.2, -0.15) is 21.0 Å². The molecule has 12 aromatic rings. The number of nitrogens with zero attached hydrogens (tertiary/aromatic N) is 6. The first-order valence-electron chi connectivity index (χ1n) is 48.3. The molecule has 0 N–H and O–H groups in total. The van der Waals surface area contributed by atoms with Gasteiger partial charge in [-0.05, 0) is 206 Å². The van der Waals surface area contributed by atoms with Gasteiger partial charge in [-0.1, -0.05) is 348 Å². The highest BCUT2D eigenvalue weighted by Crippen LogP contribution is 2.44. The van der Waals surface area contributed by atoms with Crippen LogP contribution in [0.1, 0.15) is 287 Å². The predicted molar refractivity (Wildman–Crippen MR) is 550 cm³/mol. The lowest BCUT2D eigenvalue weighted by molar-refractivity contribution is 0.295. The van der Waals surface area contributed by atoms with Gasteiger partial charge in [0.25, 0.3) is 0 Å². The van der Waals surface area contributed by atoms with Crippen molar-refractivity contribution in [3.05, 3.63) is 251 Å². The van der Waals surface area contributed by atoms with E-state index in [0.29, 0.717) is 92.6 Å². The van der Waals surface area contributed by atoms with Crippen LogP contribution in [0, 0.1) is 71.0 Å². The minimum Gasteiger partial charge on any atom is -0.496 e. The van der Waals surface area contributed by atoms with Gasteiger partial charge >= 0.3 is 0 Å². The number of ether oxygens (including phenoxy) is 4. The standard InChI is InChI=1S/C70H91N3O2.C48H47N3O2.CH4/c1-7-12-15-17-19-21-23-25-27-29-44-74-69-50-64(70(49-63(69)57(11-5)51-71)75-45-30-28-26-24-22-20-18-16-13-8-2)62(52-72)46-56-34-38-59(39-35-56)61-41-43-68-66(48-61)65-47-60(58-36-32-54(6)33-37-58)40-42-67(65)73(68)53-55(10-4)31-14-9-3;1-7-10-11-33(8-2)31-51-45-22-20-38(36-16-12-32(4)13-17-36)25-43(45)44-26-39(21-23-46(44)51)37-18-14-34(15-19-37)24-40(30-50)42-28-47(52-5)41(27-48(42)53-6)35(9-3)29-49;/h11,32-43,46-50,55H,7-10,12-31,44-45,53H2,1-6H3;9,12-28,33H,7-8,10-11,31H2,1-6H3;1H4/b57-11+,62-46+;35-9+,40-24+;. The number of aromatic nitrogens is 2. The summed E-state index contributed by atoms with van der Waals surface area (Å²) in [5.41, 5.74) is 23.5. The highest BCUT2D eigenvalue weighted by Gasteiger charge is 2.24. The molecular formula is C119H142N6O4. The van der Waals surface area contributed by atoms with Crippen molar-refractivity contribution in [2.45, 2.75) is 270 Å². The van der Waals surface area contributed by atoms with E-state index in [1.54, 1.807) is 39.4 Å². The summed E-state index contributed by atoms with van der Waals surface area (Å²) in [6.07, 6.45) is 42.0. The van der Waals surface area contributed by atoms with Crippen LogP contribution in [0.25, 0.3) is 123 Å². The summed E-state index contributed by atoms with van der Waals surface area (Å²) < 4.78 is 29.6. The maximum absolute atomic E-state index is 10.9. The number of hydrogen-bond donors (Lipinski definition) is 0. The van der Waals surface area contributed by atoms with Crippen LogP contribution >= 0.6 is 0 Å². The summed E-state index contributed by atoms with van der Waals surface area (Å²) in [6, 6.07) is 79.2. The van der Waals surface area contributed by atoms with Crippen LogP contribution in [-0.4, -0.2) is 36.6 Å². The molecule has 0 aliphatic heterocycles. The van der Waals surface area contributed by atoms with Crippen LogP contribution in [0.4, 0.5) is 0 Å². The van der Waals surface area contributed by atoms with Crippen molar-refractivity contribution in [3.63, 3.8) is 0 Å². The number of methoxy groups -OCH3 is 2. The zero-order chi connectivity index (χ0) is 90.5. The van der Waals surface area contributed by atoms with Crippen molar-refractivity contribution < 1.29 is 18.9 Å². The van der Waals surface area contributed by atoms with Crippen LogP contribution in [0.2, 0.25) is 0 Å². The maximum Gasteiger partial charge on any atom is 0.128 e. The molecule has 129 heavy (non-hydrogen) atoms. The Morgan fingerprint density at radius 1 is 0.310 bits per heavy atom. The predicted octanol–water partition coefficient (Wildman–Crippen LogP) is 34.5. The number of allylic oxidation sites excluding steroid dienone is 6. The van der Waals surface area contributed by atoms with Crippen LogP contribution < -0.4 is 18.9 Å². The lowest BCUT2D eigenvalue weighted by Crippen LogP contribution is -2.10. The molecule has 2 unspecified atom stereocenters. The van der Waals surface area contributed by atoms with E-state index < -0.39 is 0 Å². The lowest BCUT2D eigenvalue weighted by Gasteiger charge is -2.18. The number of rotatable bonds is 48. The van der Waals surface area contributed by atoms with E-state index in [-0.39, 0.29) is 7.43 Å². The van der Waals surface area contributed by atoms with Gasteiger partial charge in [0.05, 0.1) is 74.0 Å². The van der Waals surface area contributed by atoms with E-state index in [1.807, 2.05) is 49.4 Å². The number of nitriles is 4. The van der Waals surface area contributed by atoms with Gasteiger partial charge in [0.15, 0.2) is 0 Å². The van der Waals surface area contributed by atoms with Gasteiger partial charge in [0.2, 0.25) is 0 Å². The monoisotopic (exact) mass is 1720 g/mol. The molecule has 12 rings (SSSR count). The van der Waals surface area contributed by atoms with Crippen molar-refractivity contribution in [1.29, 1.82) is 21.0 Å². The van der Waals surface area contributed by atoms with E-state index in [0.717, 1.165) is 72.2 Å². The van der Waals surface area contributed by atoms with Gasteiger partial charge in [-0.25, -0.2) is 0 Å². The Balaban J connectivity index is 0.000000282. The number of unbranched alkanes of at least 4 members (excludes halogenated alkanes) is 20. The van der Waals surface area contributed by atoms with Gasteiger partial charge in [-0.3, -0.25) is 0 Å². The van der Waals surface area contributed by atoms with Crippen molar-refractivity contribution in [2.75, 3.05) is 27.4 Å². The van der Waals surface area contributed by atoms with E-state index in [4.69, 9.17) is 18.9 Å². The Hall–Kier alpha value is -12.1. The van der Waals surface area contributed by atoms with Gasteiger partial charge in [0.1, 0.15) is 23.0 Å². The van der Waals surface area contributed by atoms with E-state index in [9.17, 15) is 21.0 Å². The van der Waals surface area contributed by atoms with Crippen LogP contribution in [0.5, 0.6) is 23.0 Å². The smallest absolute Gasteiger partial charge is 0.128 e. The first-order valence-corrected chi connectivity index (χ1v) is 48.3. The third kappa shape index (κ3) is 26.6. The molecule has 0 aliphatic rings. The average Bonchev–Trinajstić information content (AvgIpc) is 1.60. The normalized spacial score (nSPS) is 12.3. The third-order valence-electron chi connectivity index (χ3n) is 25.9. The van der Waals surface area contributed by atoms with Crippen LogP contribution in [0.3, 0.4) is 0 Å². The highest BCUT2D eigenvalue weighted by molar-refractivity contribution is 6.12. The molecule has 0 fully saturated rings. The molecule has 0 aliphatic carbocycles. The third-order valence-corrected chi connectivity index (χ3v) is 25.9. The number of hydrogen-bond acceptors (Lipinski definition) is 8. The van der Waals surface area contributed by atoms with Crippen molar-refractivity contribution in [2.24, 2.45) is 11.8 Å². The summed E-state index contributed by atoms with van der Waals surface area (Å²) in [5.74, 6) is 3.48. The van der Waals surface area contributed by atoms with Crippen molar-refractivity contribution in [3.8, 4) is 91.8 Å². The summed E-state index contributed by atoms with van der Waals surface area (Å²) in [6.45, 7) is 24.8. The van der Waals surface area contributed by atoms with Crippen LogP contribution in [0.15, 0.2) is 206 Å². The number of fused-ring (bicyclic) bond motifs is 6. The summed E-state index contributed by atoms with van der Waals surface area (Å²) in [7, 11) is 3.12. The maximum atomic E-state index is 10.9. The Morgan fingerprint density at radius 2 is 0.566 bits per heavy atom.